The van der Waals surface area contributed by atoms with E-state index < -0.39 is 0 Å². The maximum Gasteiger partial charge on any atom is 0.0466 e. The van der Waals surface area contributed by atoms with Crippen LogP contribution >= 0.6 is 0 Å². The second-order valence-corrected chi connectivity index (χ2v) is 5.40. The summed E-state index contributed by atoms with van der Waals surface area (Å²) in [5.74, 6) is 0. The van der Waals surface area contributed by atoms with Gasteiger partial charge < -0.3 is 14.2 Å². The van der Waals surface area contributed by atoms with Crippen molar-refractivity contribution in [2.45, 2.75) is 38.5 Å². The van der Waals surface area contributed by atoms with Crippen LogP contribution in [-0.4, -0.2) is 77.4 Å². The van der Waals surface area contributed by atoms with Crippen molar-refractivity contribution in [2.75, 3.05) is 39.6 Å². The molecular weight excluding hydrogens is 530 g/mol. The molecule has 3 nitrogen and oxygen atoms in total. The molecule has 0 unspecified atom stereocenters. The molecule has 3 rings (SSSR count). The topological polar surface area (TPSA) is 27.7 Å². The smallest absolute Gasteiger partial charge is 0.0466 e. The SMILES string of the molecule is C1CCOC1.C1CCOC1.C1CCOC1.[CH2][CH][CH2].[CH2][CH][CH2].[CH2][CH][CH2].[CH2][CH][CH2].[CH2][CH][CH2].[Li].[Li].[Nd]. The third-order valence-electron chi connectivity index (χ3n) is 2.48. The molecular formula is C27H49Li2NdO3. The fourth-order valence-electron chi connectivity index (χ4n) is 1.53. The Hall–Kier alpha value is 2.43. The summed E-state index contributed by atoms with van der Waals surface area (Å²) in [6.45, 7) is 38.5. The van der Waals surface area contributed by atoms with Gasteiger partial charge in [0.05, 0.1) is 0 Å². The van der Waals surface area contributed by atoms with Crippen molar-refractivity contribution in [1.29, 1.82) is 0 Å². The Morgan fingerprint density at radius 3 is 0.455 bits per heavy atom. The first-order chi connectivity index (χ1) is 14.6. The van der Waals surface area contributed by atoms with Gasteiger partial charge in [0.15, 0.2) is 0 Å². The molecule has 3 aliphatic heterocycles. The number of rotatable bonds is 0. The van der Waals surface area contributed by atoms with Crippen LogP contribution in [0.4, 0.5) is 0 Å². The van der Waals surface area contributed by atoms with Crippen molar-refractivity contribution in [3.8, 4) is 0 Å². The zero-order valence-electron chi connectivity index (χ0n) is 22.2. The second-order valence-electron chi connectivity index (χ2n) is 5.40. The van der Waals surface area contributed by atoms with Crippen LogP contribution in [0.15, 0.2) is 0 Å². The average molecular weight is 580 g/mol. The van der Waals surface area contributed by atoms with Gasteiger partial charge in [-0.3, -0.25) is 0 Å². The largest absolute Gasteiger partial charge is 0.381 e. The van der Waals surface area contributed by atoms with Crippen molar-refractivity contribution in [3.05, 3.63) is 101 Å². The van der Waals surface area contributed by atoms with E-state index in [0.717, 1.165) is 39.6 Å². The van der Waals surface area contributed by atoms with Gasteiger partial charge in [-0.25, -0.2) is 0 Å². The number of hydrogen-bond acceptors (Lipinski definition) is 3. The van der Waals surface area contributed by atoms with E-state index in [1.54, 1.807) is 0 Å². The molecule has 0 aromatic carbocycles. The standard InChI is InChI=1S/3C4H8O.5C3H5.2Li.Nd/c3*1-2-4-5-3-1;5*1-3-2;;;/h3*1-4H2;5*3H,1-2H2;;;. The summed E-state index contributed by atoms with van der Waals surface area (Å²) < 4.78 is 14.8. The molecule has 3 heterocycles. The van der Waals surface area contributed by atoms with E-state index in [4.69, 9.17) is 14.2 Å². The zero-order valence-corrected chi connectivity index (χ0v) is 25.4. The predicted octanol–water partition coefficient (Wildman–Crippen LogP) is 5.92. The third kappa shape index (κ3) is 119. The normalized spacial score (nSPS) is 13.6. The van der Waals surface area contributed by atoms with E-state index in [9.17, 15) is 0 Å². The third-order valence-corrected chi connectivity index (χ3v) is 2.48. The molecule has 0 atom stereocenters. The predicted molar refractivity (Wildman–Crippen MR) is 147 cm³/mol. The van der Waals surface area contributed by atoms with E-state index in [0.29, 0.717) is 0 Å². The van der Waals surface area contributed by atoms with Gasteiger partial charge in [0.2, 0.25) is 0 Å². The van der Waals surface area contributed by atoms with Crippen LogP contribution in [-0.2, 0) is 14.2 Å². The van der Waals surface area contributed by atoms with E-state index in [1.807, 2.05) is 0 Å². The van der Waals surface area contributed by atoms with Crippen molar-refractivity contribution in [2.24, 2.45) is 0 Å². The van der Waals surface area contributed by atoms with Gasteiger partial charge in [0.1, 0.15) is 0 Å². The van der Waals surface area contributed by atoms with Gasteiger partial charge >= 0.3 is 0 Å². The first-order valence-electron chi connectivity index (χ1n) is 10.3. The molecule has 0 bridgehead atoms. The van der Waals surface area contributed by atoms with Crippen molar-refractivity contribution >= 4 is 37.7 Å². The molecule has 0 N–H and O–H groups in total. The molecule has 17 radical (unpaired) electrons. The summed E-state index contributed by atoms with van der Waals surface area (Å²) in [7, 11) is 0. The second kappa shape index (κ2) is 76.5. The molecule has 0 aliphatic carbocycles. The summed E-state index contributed by atoms with van der Waals surface area (Å²) in [5.41, 5.74) is 0. The fraction of sp³-hybridized carbons (Fsp3) is 0.444. The first-order valence-corrected chi connectivity index (χ1v) is 10.3. The summed E-state index contributed by atoms with van der Waals surface area (Å²) in [4.78, 5) is 0. The van der Waals surface area contributed by atoms with E-state index >= 15 is 0 Å². The van der Waals surface area contributed by atoms with Crippen LogP contribution in [0.25, 0.3) is 0 Å². The summed E-state index contributed by atoms with van der Waals surface area (Å²) in [6, 6.07) is 0. The molecule has 0 aromatic rings. The Bertz CT molecular complexity index is 134. The maximum absolute atomic E-state index is 4.94. The van der Waals surface area contributed by atoms with Crippen LogP contribution < -0.4 is 0 Å². The molecule has 0 saturated carbocycles. The molecule has 6 heteroatoms. The summed E-state index contributed by atoms with van der Waals surface area (Å²) >= 11 is 0. The van der Waals surface area contributed by atoms with Gasteiger partial charge in [0, 0.05) is 118 Å². The Morgan fingerprint density at radius 2 is 0.424 bits per heavy atom. The van der Waals surface area contributed by atoms with Gasteiger partial charge in [-0.2, -0.15) is 0 Å². The molecule has 33 heavy (non-hydrogen) atoms. The minimum Gasteiger partial charge on any atom is -0.381 e. The van der Waals surface area contributed by atoms with Crippen LogP contribution in [0, 0.1) is 142 Å². The van der Waals surface area contributed by atoms with Crippen LogP contribution in [0.5, 0.6) is 0 Å². The molecule has 0 aromatic heterocycles. The fourth-order valence-corrected chi connectivity index (χ4v) is 1.53. The zero-order chi connectivity index (χ0) is 24.1. The van der Waals surface area contributed by atoms with E-state index in [2.05, 4.69) is 69.2 Å². The molecule has 0 spiro atoms. The van der Waals surface area contributed by atoms with E-state index in [-0.39, 0.29) is 78.6 Å². The van der Waals surface area contributed by atoms with Crippen molar-refractivity contribution in [1.82, 2.24) is 0 Å². The van der Waals surface area contributed by atoms with Crippen LogP contribution in [0.3, 0.4) is 0 Å². The maximum atomic E-state index is 4.94. The van der Waals surface area contributed by atoms with Gasteiger partial charge in [-0.05, 0) is 140 Å². The summed E-state index contributed by atoms with van der Waals surface area (Å²) in [6.07, 6.45) is 15.2. The van der Waals surface area contributed by atoms with Crippen molar-refractivity contribution < 1.29 is 55.0 Å². The Labute approximate surface area is 269 Å². The van der Waals surface area contributed by atoms with E-state index in [1.165, 1.54) is 70.6 Å². The van der Waals surface area contributed by atoms with Crippen LogP contribution in [0.1, 0.15) is 38.5 Å². The minimum absolute atomic E-state index is 0. The molecule has 3 saturated heterocycles. The Morgan fingerprint density at radius 1 is 0.333 bits per heavy atom. The number of hydrogen-bond donors (Lipinski definition) is 0. The Kier molecular flexibility index (Phi) is 129. The molecule has 181 valence electrons. The Balaban J connectivity index is -0.0000000362. The van der Waals surface area contributed by atoms with Gasteiger partial charge in [0.25, 0.3) is 0 Å². The molecule has 0 amide bonds. The quantitative estimate of drug-likeness (QED) is 0.334. The first kappa shape index (κ1) is 55.8. The average Bonchev–Trinajstić information content (AvgIpc) is 3.54. The monoisotopic (exact) mass is 577 g/mol. The number of ether oxygens (including phenoxy) is 3. The van der Waals surface area contributed by atoms with Crippen LogP contribution in [0.2, 0.25) is 0 Å². The van der Waals surface area contributed by atoms with Crippen molar-refractivity contribution in [3.63, 3.8) is 0 Å². The van der Waals surface area contributed by atoms with Gasteiger partial charge in [-0.15, -0.1) is 0 Å². The molecule has 3 aliphatic rings. The van der Waals surface area contributed by atoms with Gasteiger partial charge in [-0.1, -0.05) is 0 Å². The minimum atomic E-state index is 0. The molecule has 3 fully saturated rings. The summed E-state index contributed by atoms with van der Waals surface area (Å²) in [5, 5.41) is 0.